The van der Waals surface area contributed by atoms with Gasteiger partial charge in [0.05, 0.1) is 0 Å². The molecule has 0 spiro atoms. The average molecular weight is 239 g/mol. The molecule has 1 N–H and O–H groups in total. The molecule has 3 heteroatoms. The number of nitrogens with one attached hydrogen (secondary N) is 1. The number of hydrogen-bond acceptors (Lipinski definition) is 2. The highest BCUT2D eigenvalue weighted by molar-refractivity contribution is 6.30. The molecular weight excluding hydrogens is 220 g/mol. The van der Waals surface area contributed by atoms with Gasteiger partial charge in [-0.05, 0) is 43.8 Å². The van der Waals surface area contributed by atoms with Crippen molar-refractivity contribution in [3.63, 3.8) is 0 Å². The molecule has 88 valence electrons. The monoisotopic (exact) mass is 238 g/mol. The van der Waals surface area contributed by atoms with Crippen LogP contribution in [0.5, 0.6) is 0 Å². The molecule has 0 amide bonds. The minimum absolute atomic E-state index is 0.491. The third-order valence-corrected chi connectivity index (χ3v) is 3.49. The van der Waals surface area contributed by atoms with Gasteiger partial charge >= 0.3 is 0 Å². The molecule has 1 aromatic rings. The van der Waals surface area contributed by atoms with Crippen LogP contribution in [0.3, 0.4) is 0 Å². The maximum atomic E-state index is 5.92. The first kappa shape index (κ1) is 11.9. The van der Waals surface area contributed by atoms with Crippen molar-refractivity contribution in [1.29, 1.82) is 0 Å². The van der Waals surface area contributed by atoms with E-state index in [1.165, 1.54) is 18.5 Å². The number of benzene rings is 1. The number of rotatable bonds is 2. The van der Waals surface area contributed by atoms with Gasteiger partial charge < -0.3 is 5.32 Å². The van der Waals surface area contributed by atoms with Gasteiger partial charge in [0.1, 0.15) is 0 Å². The molecule has 1 heterocycles. The molecular formula is C13H19ClN2. The second kappa shape index (κ2) is 5.67. The molecule has 16 heavy (non-hydrogen) atoms. The Morgan fingerprint density at radius 2 is 2.12 bits per heavy atom. The number of halogens is 1. The molecule has 2 rings (SSSR count). The van der Waals surface area contributed by atoms with Crippen LogP contribution in [0.15, 0.2) is 24.3 Å². The summed E-state index contributed by atoms with van der Waals surface area (Å²) in [4.78, 5) is 2.53. The normalized spacial score (nSPS) is 23.0. The molecule has 1 fully saturated rings. The number of nitrogens with zero attached hydrogens (tertiary/aromatic N) is 1. The lowest BCUT2D eigenvalue weighted by atomic mass is 10.1. The van der Waals surface area contributed by atoms with Crippen molar-refractivity contribution >= 4 is 11.6 Å². The summed E-state index contributed by atoms with van der Waals surface area (Å²) in [5.74, 6) is 0. The van der Waals surface area contributed by atoms with Crippen molar-refractivity contribution in [2.24, 2.45) is 0 Å². The van der Waals surface area contributed by atoms with E-state index in [4.69, 9.17) is 11.6 Å². The second-order valence-corrected chi connectivity index (χ2v) is 4.69. The molecule has 1 aromatic carbocycles. The smallest absolute Gasteiger partial charge is 0.0472 e. The largest absolute Gasteiger partial charge is 0.315 e. The predicted molar refractivity (Wildman–Crippen MR) is 68.9 cm³/mol. The maximum Gasteiger partial charge on any atom is 0.0472 e. The van der Waals surface area contributed by atoms with Crippen molar-refractivity contribution in [3.8, 4) is 0 Å². The first-order valence-electron chi connectivity index (χ1n) is 6.01. The summed E-state index contributed by atoms with van der Waals surface area (Å²) in [6.45, 7) is 6.68. The van der Waals surface area contributed by atoms with E-state index in [2.05, 4.69) is 29.3 Å². The van der Waals surface area contributed by atoms with Gasteiger partial charge in [0, 0.05) is 17.6 Å². The Morgan fingerprint density at radius 1 is 1.38 bits per heavy atom. The summed E-state index contributed by atoms with van der Waals surface area (Å²) >= 11 is 5.92. The molecule has 0 radical (unpaired) electrons. The fraction of sp³-hybridized carbons (Fsp3) is 0.538. The standard InChI is InChI=1S/C13H19ClN2/c1-2-16-9-3-8-15-10-13(16)11-4-6-12(14)7-5-11/h4-7,13,15H,2-3,8-10H2,1H3. The van der Waals surface area contributed by atoms with Crippen molar-refractivity contribution in [1.82, 2.24) is 10.2 Å². The van der Waals surface area contributed by atoms with E-state index in [1.54, 1.807) is 0 Å². The third kappa shape index (κ3) is 2.76. The van der Waals surface area contributed by atoms with Crippen molar-refractivity contribution in [2.45, 2.75) is 19.4 Å². The summed E-state index contributed by atoms with van der Waals surface area (Å²) in [6.07, 6.45) is 1.23. The average Bonchev–Trinajstić information content (AvgIpc) is 2.55. The Balaban J connectivity index is 2.18. The Bertz CT molecular complexity index is 323. The Hall–Kier alpha value is -0.570. The lowest BCUT2D eigenvalue weighted by Crippen LogP contribution is -2.32. The molecule has 1 aliphatic heterocycles. The van der Waals surface area contributed by atoms with E-state index in [9.17, 15) is 0 Å². The molecule has 0 aliphatic carbocycles. The Labute approximate surface area is 103 Å². The van der Waals surface area contributed by atoms with E-state index in [0.29, 0.717) is 6.04 Å². The SMILES string of the molecule is CCN1CCCNCC1c1ccc(Cl)cc1. The lowest BCUT2D eigenvalue weighted by molar-refractivity contribution is 0.222. The van der Waals surface area contributed by atoms with Crippen molar-refractivity contribution in [3.05, 3.63) is 34.9 Å². The fourth-order valence-corrected chi connectivity index (χ4v) is 2.45. The first-order valence-corrected chi connectivity index (χ1v) is 6.39. The summed E-state index contributed by atoms with van der Waals surface area (Å²) < 4.78 is 0. The van der Waals surface area contributed by atoms with Crippen molar-refractivity contribution in [2.75, 3.05) is 26.2 Å². The van der Waals surface area contributed by atoms with E-state index in [0.717, 1.165) is 24.7 Å². The van der Waals surface area contributed by atoms with E-state index in [1.807, 2.05) is 12.1 Å². The van der Waals surface area contributed by atoms with Gasteiger partial charge in [-0.2, -0.15) is 0 Å². The van der Waals surface area contributed by atoms with Crippen LogP contribution >= 0.6 is 11.6 Å². The van der Waals surface area contributed by atoms with Gasteiger partial charge in [0.2, 0.25) is 0 Å². The second-order valence-electron chi connectivity index (χ2n) is 4.25. The van der Waals surface area contributed by atoms with Gasteiger partial charge in [-0.1, -0.05) is 30.7 Å². The van der Waals surface area contributed by atoms with Crippen LogP contribution in [-0.4, -0.2) is 31.1 Å². The lowest BCUT2D eigenvalue weighted by Gasteiger charge is -2.28. The summed E-state index contributed by atoms with van der Waals surface area (Å²) in [5.41, 5.74) is 1.36. The van der Waals surface area contributed by atoms with Crippen LogP contribution in [-0.2, 0) is 0 Å². The number of hydrogen-bond donors (Lipinski definition) is 1. The molecule has 1 aliphatic rings. The molecule has 0 bridgehead atoms. The highest BCUT2D eigenvalue weighted by atomic mass is 35.5. The van der Waals surface area contributed by atoms with Crippen LogP contribution < -0.4 is 5.32 Å². The maximum absolute atomic E-state index is 5.92. The molecule has 0 saturated carbocycles. The molecule has 1 saturated heterocycles. The minimum Gasteiger partial charge on any atom is -0.315 e. The van der Waals surface area contributed by atoms with Crippen LogP contribution in [0.1, 0.15) is 24.9 Å². The fourth-order valence-electron chi connectivity index (χ4n) is 2.32. The third-order valence-electron chi connectivity index (χ3n) is 3.24. The molecule has 1 unspecified atom stereocenters. The minimum atomic E-state index is 0.491. The van der Waals surface area contributed by atoms with Crippen molar-refractivity contribution < 1.29 is 0 Å². The van der Waals surface area contributed by atoms with E-state index >= 15 is 0 Å². The van der Waals surface area contributed by atoms with Crippen LogP contribution in [0.25, 0.3) is 0 Å². The van der Waals surface area contributed by atoms with Crippen LogP contribution in [0.2, 0.25) is 5.02 Å². The molecule has 1 atom stereocenters. The highest BCUT2D eigenvalue weighted by Gasteiger charge is 2.20. The first-order chi connectivity index (χ1) is 7.81. The van der Waals surface area contributed by atoms with Gasteiger partial charge in [0.15, 0.2) is 0 Å². The Kier molecular flexibility index (Phi) is 4.22. The topological polar surface area (TPSA) is 15.3 Å². The zero-order valence-corrected chi connectivity index (χ0v) is 10.5. The molecule has 0 aromatic heterocycles. The van der Waals surface area contributed by atoms with E-state index in [-0.39, 0.29) is 0 Å². The summed E-state index contributed by atoms with van der Waals surface area (Å²) in [7, 11) is 0. The van der Waals surface area contributed by atoms with E-state index < -0.39 is 0 Å². The van der Waals surface area contributed by atoms with Gasteiger partial charge in [-0.15, -0.1) is 0 Å². The van der Waals surface area contributed by atoms with Gasteiger partial charge in [-0.25, -0.2) is 0 Å². The zero-order valence-electron chi connectivity index (χ0n) is 9.75. The van der Waals surface area contributed by atoms with Crippen LogP contribution in [0, 0.1) is 0 Å². The highest BCUT2D eigenvalue weighted by Crippen LogP contribution is 2.23. The Morgan fingerprint density at radius 3 is 2.81 bits per heavy atom. The summed E-state index contributed by atoms with van der Waals surface area (Å²) in [6, 6.07) is 8.74. The predicted octanol–water partition coefficient (Wildman–Crippen LogP) is 2.70. The molecule has 2 nitrogen and oxygen atoms in total. The quantitative estimate of drug-likeness (QED) is 0.853. The van der Waals surface area contributed by atoms with Crippen LogP contribution in [0.4, 0.5) is 0 Å². The zero-order chi connectivity index (χ0) is 11.4. The van der Waals surface area contributed by atoms with Gasteiger partial charge in [0.25, 0.3) is 0 Å². The number of likely N-dealkylation sites (N-methyl/N-ethyl adjacent to an activating group) is 1. The van der Waals surface area contributed by atoms with Gasteiger partial charge in [-0.3, -0.25) is 4.90 Å². The summed E-state index contributed by atoms with van der Waals surface area (Å²) in [5, 5.41) is 4.31.